The minimum absolute atomic E-state index is 0.306. The molecule has 3 aromatic heterocycles. The summed E-state index contributed by atoms with van der Waals surface area (Å²) < 4.78 is 10.7. The Hall–Kier alpha value is -3.73. The molecule has 0 saturated carbocycles. The highest BCUT2D eigenvalue weighted by Gasteiger charge is 2.12. The number of rotatable bonds is 6. The number of carbonyl (C=O) groups is 1. The van der Waals surface area contributed by atoms with Gasteiger partial charge < -0.3 is 14.4 Å². The molecular formula is C25H26N6O3S. The van der Waals surface area contributed by atoms with Crippen LogP contribution in [-0.4, -0.2) is 64.3 Å². The molecule has 9 nitrogen and oxygen atoms in total. The molecule has 180 valence electrons. The van der Waals surface area contributed by atoms with E-state index in [9.17, 15) is 4.79 Å². The number of aromatic nitrogens is 4. The van der Waals surface area contributed by atoms with Crippen LogP contribution in [0.2, 0.25) is 0 Å². The van der Waals surface area contributed by atoms with Crippen molar-refractivity contribution in [2.45, 2.75) is 6.61 Å². The van der Waals surface area contributed by atoms with Gasteiger partial charge in [0.1, 0.15) is 11.6 Å². The molecule has 0 spiro atoms. The van der Waals surface area contributed by atoms with E-state index in [1.54, 1.807) is 24.5 Å². The van der Waals surface area contributed by atoms with Crippen LogP contribution in [0, 0.1) is 0 Å². The minimum atomic E-state index is -0.306. The van der Waals surface area contributed by atoms with E-state index in [0.717, 1.165) is 37.4 Å². The Morgan fingerprint density at radius 1 is 1.06 bits per heavy atom. The molecule has 1 aliphatic rings. The lowest BCUT2D eigenvalue weighted by atomic mass is 10.2. The molecule has 1 aromatic carbocycles. The Bertz CT molecular complexity index is 1180. The number of benzene rings is 1. The van der Waals surface area contributed by atoms with Crippen molar-refractivity contribution in [2.24, 2.45) is 0 Å². The summed E-state index contributed by atoms with van der Waals surface area (Å²) in [5, 5.41) is 12.0. The Morgan fingerprint density at radius 3 is 2.49 bits per heavy atom. The predicted molar refractivity (Wildman–Crippen MR) is 134 cm³/mol. The van der Waals surface area contributed by atoms with Gasteiger partial charge in [0, 0.05) is 43.3 Å². The van der Waals surface area contributed by atoms with Crippen LogP contribution in [0.4, 0.5) is 5.13 Å². The predicted octanol–water partition coefficient (Wildman–Crippen LogP) is 3.77. The number of hydrogen-bond acceptors (Lipinski definition) is 9. The number of nitrogens with zero attached hydrogens (tertiary/aromatic N) is 5. The van der Waals surface area contributed by atoms with Crippen molar-refractivity contribution < 1.29 is 14.3 Å². The van der Waals surface area contributed by atoms with E-state index >= 15 is 0 Å². The van der Waals surface area contributed by atoms with Gasteiger partial charge in [-0.15, -0.1) is 10.2 Å². The van der Waals surface area contributed by atoms with E-state index in [1.807, 2.05) is 42.5 Å². The van der Waals surface area contributed by atoms with Crippen molar-refractivity contribution in [1.82, 2.24) is 25.1 Å². The number of morpholine rings is 1. The molecule has 4 heterocycles. The summed E-state index contributed by atoms with van der Waals surface area (Å²) in [4.78, 5) is 22.8. The molecule has 10 heteroatoms. The van der Waals surface area contributed by atoms with Crippen LogP contribution in [0.25, 0.3) is 10.6 Å². The van der Waals surface area contributed by atoms with Crippen molar-refractivity contribution in [2.75, 3.05) is 38.7 Å². The Labute approximate surface area is 207 Å². The van der Waals surface area contributed by atoms with Crippen molar-refractivity contribution >= 4 is 22.4 Å². The first-order chi connectivity index (χ1) is 17.2. The van der Waals surface area contributed by atoms with Crippen LogP contribution >= 0.6 is 11.3 Å². The lowest BCUT2D eigenvalue weighted by molar-refractivity contribution is 0.0503. The summed E-state index contributed by atoms with van der Waals surface area (Å²) in [6.07, 6.45) is 4.84. The standard InChI is InChI=1S/C20H15N5O2S.C5H11NO/c26-18(23-20-25-24-19(28-20)15-8-10-21-11-9-15)16-6-7-17(22-12-16)27-13-14-4-2-1-3-5-14;1-6-2-4-7-5-3-6/h1-12H,13H2,(H,23,25,26);2-5H2,1H3. The molecule has 35 heavy (non-hydrogen) atoms. The molecule has 4 aromatic rings. The second kappa shape index (κ2) is 12.7. The first-order valence-electron chi connectivity index (χ1n) is 11.1. The van der Waals surface area contributed by atoms with Crippen LogP contribution in [0.5, 0.6) is 5.88 Å². The van der Waals surface area contributed by atoms with E-state index in [1.165, 1.54) is 17.5 Å². The number of pyridine rings is 2. The number of likely N-dealkylation sites (N-methyl/N-ethyl adjacent to an activating group) is 1. The van der Waals surface area contributed by atoms with Crippen molar-refractivity contribution in [3.8, 4) is 16.5 Å². The first-order valence-corrected chi connectivity index (χ1v) is 11.9. The second-order valence-electron chi connectivity index (χ2n) is 7.68. The molecule has 0 bridgehead atoms. The van der Waals surface area contributed by atoms with Crippen molar-refractivity contribution in [3.63, 3.8) is 0 Å². The molecule has 1 amide bonds. The summed E-state index contributed by atoms with van der Waals surface area (Å²) in [5.74, 6) is 0.149. The molecule has 5 rings (SSSR count). The van der Waals surface area contributed by atoms with Gasteiger partial charge in [-0.05, 0) is 30.8 Å². The third kappa shape index (κ3) is 7.64. The van der Waals surface area contributed by atoms with Crippen LogP contribution in [-0.2, 0) is 11.3 Å². The zero-order valence-corrected chi connectivity index (χ0v) is 20.1. The van der Waals surface area contributed by atoms with E-state index in [4.69, 9.17) is 9.47 Å². The fourth-order valence-corrected chi connectivity index (χ4v) is 3.78. The molecule has 0 aliphatic carbocycles. The number of nitrogens with one attached hydrogen (secondary N) is 1. The van der Waals surface area contributed by atoms with Crippen molar-refractivity contribution in [1.29, 1.82) is 0 Å². The largest absolute Gasteiger partial charge is 0.473 e. The minimum Gasteiger partial charge on any atom is -0.473 e. The summed E-state index contributed by atoms with van der Waals surface area (Å²) in [7, 11) is 2.11. The van der Waals surface area contributed by atoms with Crippen LogP contribution in [0.15, 0.2) is 73.2 Å². The van der Waals surface area contributed by atoms with Gasteiger partial charge in [-0.2, -0.15) is 0 Å². The summed E-state index contributed by atoms with van der Waals surface area (Å²) in [6.45, 7) is 4.44. The van der Waals surface area contributed by atoms with E-state index in [0.29, 0.717) is 28.2 Å². The third-order valence-electron chi connectivity index (χ3n) is 5.04. The Balaban J connectivity index is 0.000000356. The first kappa shape index (κ1) is 24.4. The lowest BCUT2D eigenvalue weighted by Crippen LogP contribution is -2.32. The van der Waals surface area contributed by atoms with E-state index < -0.39 is 0 Å². The summed E-state index contributed by atoms with van der Waals surface area (Å²) in [6, 6.07) is 16.8. The Morgan fingerprint density at radius 2 is 1.83 bits per heavy atom. The molecule has 1 aliphatic heterocycles. The summed E-state index contributed by atoms with van der Waals surface area (Å²) >= 11 is 1.29. The zero-order valence-electron chi connectivity index (χ0n) is 19.3. The topological polar surface area (TPSA) is 102 Å². The molecule has 1 saturated heterocycles. The highest BCUT2D eigenvalue weighted by atomic mass is 32.1. The number of ether oxygens (including phenoxy) is 2. The van der Waals surface area contributed by atoms with Gasteiger partial charge >= 0.3 is 0 Å². The average molecular weight is 491 g/mol. The zero-order chi connectivity index (χ0) is 24.3. The number of hydrogen-bond donors (Lipinski definition) is 1. The normalized spacial score (nSPS) is 13.4. The molecule has 0 unspecified atom stereocenters. The van der Waals surface area contributed by atoms with Crippen LogP contribution < -0.4 is 10.1 Å². The van der Waals surface area contributed by atoms with Gasteiger partial charge in [-0.3, -0.25) is 15.1 Å². The summed E-state index contributed by atoms with van der Waals surface area (Å²) in [5.41, 5.74) is 2.36. The Kier molecular flexibility index (Phi) is 8.82. The van der Waals surface area contributed by atoms with Gasteiger partial charge in [0.25, 0.3) is 5.91 Å². The lowest BCUT2D eigenvalue weighted by Gasteiger charge is -2.21. The fourth-order valence-electron chi connectivity index (χ4n) is 3.04. The van der Waals surface area contributed by atoms with Gasteiger partial charge in [0.15, 0.2) is 0 Å². The SMILES string of the molecule is CN1CCOCC1.O=C(Nc1nnc(-c2ccncc2)s1)c1ccc(OCc2ccccc2)nc1. The highest BCUT2D eigenvalue weighted by Crippen LogP contribution is 2.26. The van der Waals surface area contributed by atoms with Gasteiger partial charge in [0.2, 0.25) is 11.0 Å². The fraction of sp³-hybridized carbons (Fsp3) is 0.240. The molecule has 0 atom stereocenters. The maximum absolute atomic E-state index is 12.4. The maximum atomic E-state index is 12.4. The monoisotopic (exact) mass is 490 g/mol. The smallest absolute Gasteiger partial charge is 0.259 e. The van der Waals surface area contributed by atoms with Gasteiger partial charge in [-0.25, -0.2) is 4.98 Å². The second-order valence-corrected chi connectivity index (χ2v) is 8.65. The van der Waals surface area contributed by atoms with Gasteiger partial charge in [-0.1, -0.05) is 41.7 Å². The molecule has 1 N–H and O–H groups in total. The number of carbonyl (C=O) groups excluding carboxylic acids is 1. The average Bonchev–Trinajstić information content (AvgIpc) is 3.38. The van der Waals surface area contributed by atoms with Crippen molar-refractivity contribution in [3.05, 3.63) is 84.3 Å². The number of anilines is 1. The molecular weight excluding hydrogens is 464 g/mol. The van der Waals surface area contributed by atoms with Crippen LogP contribution in [0.3, 0.4) is 0 Å². The van der Waals surface area contributed by atoms with Crippen LogP contribution in [0.1, 0.15) is 15.9 Å². The van der Waals surface area contributed by atoms with E-state index in [-0.39, 0.29) is 5.91 Å². The third-order valence-corrected chi connectivity index (χ3v) is 5.92. The van der Waals surface area contributed by atoms with Gasteiger partial charge in [0.05, 0.1) is 18.8 Å². The number of amides is 1. The van der Waals surface area contributed by atoms with E-state index in [2.05, 4.69) is 37.4 Å². The molecule has 1 fully saturated rings. The maximum Gasteiger partial charge on any atom is 0.259 e. The quantitative estimate of drug-likeness (QED) is 0.436. The molecule has 0 radical (unpaired) electrons. The highest BCUT2D eigenvalue weighted by molar-refractivity contribution is 7.18.